The van der Waals surface area contributed by atoms with Gasteiger partial charge >= 0.3 is 0 Å². The number of aromatic nitrogens is 3. The SMILES string of the molecule is CC1(C)c2cc(N(c3ccccc3)c3nccc4ccccc34)ccc2-c2cc3c(N(c4ccccc4)c4nccc5ccccc45)c4ccccc4c(N(c4ccccc4)c4nccc5ccccc45)c3cc21. The summed E-state index contributed by atoms with van der Waals surface area (Å²) in [5.74, 6) is 2.61. The van der Waals surface area contributed by atoms with Crippen molar-refractivity contribution in [2.75, 3.05) is 14.7 Å². The highest BCUT2D eigenvalue weighted by atomic mass is 15.2. The Morgan fingerprint density at radius 3 is 1.11 bits per heavy atom. The number of benzene rings is 10. The van der Waals surface area contributed by atoms with Crippen LogP contribution in [0.3, 0.4) is 0 Å². The summed E-state index contributed by atoms with van der Waals surface area (Å²) in [6.45, 7) is 4.77. The summed E-state index contributed by atoms with van der Waals surface area (Å²) in [5, 5.41) is 11.0. The topological polar surface area (TPSA) is 48.4 Å². The van der Waals surface area contributed by atoms with Crippen LogP contribution >= 0.6 is 0 Å². The summed E-state index contributed by atoms with van der Waals surface area (Å²) in [6, 6.07) is 84.9. The van der Waals surface area contributed by atoms with Crippen LogP contribution in [0.1, 0.15) is 25.0 Å². The summed E-state index contributed by atoms with van der Waals surface area (Å²) in [7, 11) is 0. The summed E-state index contributed by atoms with van der Waals surface area (Å²) in [6.07, 6.45) is 5.80. The molecule has 1 aliphatic carbocycles. The molecule has 0 unspecified atom stereocenters. The van der Waals surface area contributed by atoms with Gasteiger partial charge in [-0.05, 0) is 117 Å². The molecule has 0 saturated carbocycles. The third-order valence-corrected chi connectivity index (χ3v) is 15.1. The molecule has 0 aliphatic heterocycles. The molecule has 1 aliphatic rings. The maximum atomic E-state index is 5.28. The summed E-state index contributed by atoms with van der Waals surface area (Å²) < 4.78 is 0. The molecule has 6 heteroatoms. The number of hydrogen-bond acceptors (Lipinski definition) is 6. The molecule has 350 valence electrons. The van der Waals surface area contributed by atoms with E-state index in [2.05, 4.69) is 265 Å². The van der Waals surface area contributed by atoms with Gasteiger partial charge in [-0.2, -0.15) is 0 Å². The van der Waals surface area contributed by atoms with E-state index in [1.54, 1.807) is 0 Å². The summed E-state index contributed by atoms with van der Waals surface area (Å²) in [4.78, 5) is 22.8. The lowest BCUT2D eigenvalue weighted by Crippen LogP contribution is -2.18. The molecule has 0 saturated heterocycles. The van der Waals surface area contributed by atoms with Gasteiger partial charge in [0.25, 0.3) is 0 Å². The first-order valence-corrected chi connectivity index (χ1v) is 25.3. The van der Waals surface area contributed by atoms with Crippen LogP contribution in [0.4, 0.5) is 51.6 Å². The number of hydrogen-bond donors (Lipinski definition) is 0. The predicted molar refractivity (Wildman–Crippen MR) is 309 cm³/mol. The minimum atomic E-state index is -0.419. The number of pyridine rings is 3. The van der Waals surface area contributed by atoms with Crippen molar-refractivity contribution in [1.29, 1.82) is 0 Å². The van der Waals surface area contributed by atoms with Gasteiger partial charge in [0.15, 0.2) is 0 Å². The van der Waals surface area contributed by atoms with E-state index in [9.17, 15) is 0 Å². The molecule has 0 N–H and O–H groups in total. The highest BCUT2D eigenvalue weighted by Crippen LogP contribution is 2.57. The molecular weight excluding hydrogens is 901 g/mol. The maximum Gasteiger partial charge on any atom is 0.145 e. The predicted octanol–water partition coefficient (Wildman–Crippen LogP) is 18.4. The first-order valence-electron chi connectivity index (χ1n) is 25.3. The zero-order chi connectivity index (χ0) is 49.3. The molecule has 0 radical (unpaired) electrons. The Kier molecular flexibility index (Phi) is 10.1. The first kappa shape index (κ1) is 43.2. The summed E-state index contributed by atoms with van der Waals surface area (Å²) in [5.41, 5.74) is 10.7. The molecule has 6 nitrogen and oxygen atoms in total. The smallest absolute Gasteiger partial charge is 0.145 e. The van der Waals surface area contributed by atoms with E-state index in [-0.39, 0.29) is 0 Å². The zero-order valence-corrected chi connectivity index (χ0v) is 40.9. The minimum Gasteiger partial charge on any atom is -0.295 e. The van der Waals surface area contributed by atoms with Gasteiger partial charge in [-0.25, -0.2) is 15.0 Å². The van der Waals surface area contributed by atoms with Crippen LogP contribution in [-0.2, 0) is 5.41 Å². The van der Waals surface area contributed by atoms with Crippen molar-refractivity contribution in [3.8, 4) is 11.1 Å². The van der Waals surface area contributed by atoms with E-state index in [1.807, 2.05) is 18.6 Å². The van der Waals surface area contributed by atoms with Crippen LogP contribution in [0.25, 0.3) is 65.0 Å². The highest BCUT2D eigenvalue weighted by Gasteiger charge is 2.39. The fourth-order valence-corrected chi connectivity index (χ4v) is 11.7. The lowest BCUT2D eigenvalue weighted by Gasteiger charge is -2.33. The fraction of sp³-hybridized carbons (Fsp3) is 0.0441. The normalized spacial score (nSPS) is 12.6. The molecule has 0 spiro atoms. The second-order valence-electron chi connectivity index (χ2n) is 19.6. The number of nitrogens with zero attached hydrogens (tertiary/aromatic N) is 6. The Morgan fingerprint density at radius 2 is 0.649 bits per heavy atom. The van der Waals surface area contributed by atoms with Crippen LogP contribution in [0.2, 0.25) is 0 Å². The van der Waals surface area contributed by atoms with Gasteiger partial charge < -0.3 is 0 Å². The van der Waals surface area contributed by atoms with E-state index in [4.69, 9.17) is 15.0 Å². The average Bonchev–Trinajstić information content (AvgIpc) is 3.68. The van der Waals surface area contributed by atoms with E-state index in [1.165, 1.54) is 22.3 Å². The highest BCUT2D eigenvalue weighted by molar-refractivity contribution is 6.25. The first-order chi connectivity index (χ1) is 36.5. The van der Waals surface area contributed by atoms with Gasteiger partial charge in [-0.1, -0.05) is 172 Å². The Labute approximate surface area is 429 Å². The van der Waals surface area contributed by atoms with Crippen molar-refractivity contribution in [3.63, 3.8) is 0 Å². The fourth-order valence-electron chi connectivity index (χ4n) is 11.7. The van der Waals surface area contributed by atoms with Crippen molar-refractivity contribution in [1.82, 2.24) is 15.0 Å². The second kappa shape index (κ2) is 17.3. The lowest BCUT2D eigenvalue weighted by atomic mass is 9.81. The molecule has 14 rings (SSSR count). The molecule has 0 fully saturated rings. The van der Waals surface area contributed by atoms with Crippen molar-refractivity contribution in [2.45, 2.75) is 19.3 Å². The van der Waals surface area contributed by atoms with Crippen molar-refractivity contribution in [3.05, 3.63) is 266 Å². The van der Waals surface area contributed by atoms with E-state index >= 15 is 0 Å². The van der Waals surface area contributed by atoms with Gasteiger partial charge in [-0.3, -0.25) is 14.7 Å². The molecular formula is C68H48N6. The van der Waals surface area contributed by atoms with Crippen LogP contribution in [0.5, 0.6) is 0 Å². The molecule has 0 bridgehead atoms. The van der Waals surface area contributed by atoms with Crippen molar-refractivity contribution < 1.29 is 0 Å². The largest absolute Gasteiger partial charge is 0.295 e. The Morgan fingerprint density at radius 1 is 0.284 bits per heavy atom. The quantitative estimate of drug-likeness (QED) is 0.106. The summed E-state index contributed by atoms with van der Waals surface area (Å²) >= 11 is 0. The molecule has 0 amide bonds. The number of anilines is 9. The molecule has 0 atom stereocenters. The van der Waals surface area contributed by atoms with Gasteiger partial charge in [0.1, 0.15) is 17.5 Å². The lowest BCUT2D eigenvalue weighted by molar-refractivity contribution is 0.661. The van der Waals surface area contributed by atoms with Crippen molar-refractivity contribution >= 4 is 105 Å². The molecule has 3 aromatic heterocycles. The maximum absolute atomic E-state index is 5.28. The third-order valence-electron chi connectivity index (χ3n) is 15.1. The number of fused-ring (bicyclic) bond motifs is 8. The Hall–Kier alpha value is -9.65. The number of para-hydroxylation sites is 3. The Balaban J connectivity index is 1.10. The van der Waals surface area contributed by atoms with Crippen LogP contribution in [-0.4, -0.2) is 15.0 Å². The minimum absolute atomic E-state index is 0.419. The van der Waals surface area contributed by atoms with Crippen LogP contribution in [0, 0.1) is 0 Å². The van der Waals surface area contributed by atoms with Crippen LogP contribution in [0.15, 0.2) is 255 Å². The molecule has 74 heavy (non-hydrogen) atoms. The molecule has 10 aromatic carbocycles. The molecule has 13 aromatic rings. The van der Waals surface area contributed by atoms with Gasteiger partial charge in [0, 0.05) is 84.5 Å². The van der Waals surface area contributed by atoms with E-state index in [0.717, 1.165) is 105 Å². The number of rotatable bonds is 9. The van der Waals surface area contributed by atoms with Gasteiger partial charge in [-0.15, -0.1) is 0 Å². The second-order valence-corrected chi connectivity index (χ2v) is 19.6. The zero-order valence-electron chi connectivity index (χ0n) is 40.9. The van der Waals surface area contributed by atoms with Crippen LogP contribution < -0.4 is 14.7 Å². The average molecular weight is 949 g/mol. The standard InChI is InChI=1S/C68H48N6/c1-68(2)61-42-51(72(48-23-6-3-7-24-48)65-52-29-15-12-20-45(52)36-39-69-65)34-35-55(61)58-43-59-60(44-62(58)68)64(74(50-27-10-5-11-28-50)67-54-31-17-14-22-47(54)38-41-71-67)57-33-19-18-32-56(57)63(59)73(49-25-8-4-9-26-49)66-53-30-16-13-21-46(53)37-40-70-66/h3-44H,1-2H3. The molecule has 3 heterocycles. The van der Waals surface area contributed by atoms with Crippen molar-refractivity contribution in [2.24, 2.45) is 0 Å². The Bertz CT molecular complexity index is 4290. The van der Waals surface area contributed by atoms with Gasteiger partial charge in [0.05, 0.1) is 11.4 Å². The van der Waals surface area contributed by atoms with E-state index in [0.29, 0.717) is 0 Å². The van der Waals surface area contributed by atoms with E-state index < -0.39 is 5.41 Å². The van der Waals surface area contributed by atoms with Gasteiger partial charge in [0.2, 0.25) is 0 Å². The third kappa shape index (κ3) is 6.83. The monoisotopic (exact) mass is 948 g/mol.